The van der Waals surface area contributed by atoms with Crippen LogP contribution < -0.4 is 0 Å². The molecule has 0 atom stereocenters. The van der Waals surface area contributed by atoms with Gasteiger partial charge in [-0.05, 0) is 24.4 Å². The Morgan fingerprint density at radius 3 is 2.74 bits per heavy atom. The van der Waals surface area contributed by atoms with Gasteiger partial charge in [0, 0.05) is 21.5 Å². The van der Waals surface area contributed by atoms with Gasteiger partial charge in [-0.3, -0.25) is 0 Å². The van der Waals surface area contributed by atoms with Crippen LogP contribution >= 0.6 is 11.3 Å². The molecule has 2 heterocycles. The summed E-state index contributed by atoms with van der Waals surface area (Å²) < 4.78 is 2.07. The quantitative estimate of drug-likeness (QED) is 0.788. The molecule has 0 amide bonds. The van der Waals surface area contributed by atoms with Gasteiger partial charge in [0.2, 0.25) is 0 Å². The molecule has 3 nitrogen and oxygen atoms in total. The molecule has 0 bridgehead atoms. The molecule has 3 rings (SSSR count). The van der Waals surface area contributed by atoms with Crippen LogP contribution in [0.4, 0.5) is 0 Å². The lowest BCUT2D eigenvalue weighted by Gasteiger charge is -2.06. The zero-order valence-electron chi connectivity index (χ0n) is 10.5. The number of hydrogen-bond acceptors (Lipinski definition) is 2. The summed E-state index contributed by atoms with van der Waals surface area (Å²) in [6.45, 7) is 2.59. The second kappa shape index (κ2) is 4.55. The molecular formula is C15H13NO2S. The first-order valence-corrected chi connectivity index (χ1v) is 6.90. The van der Waals surface area contributed by atoms with Gasteiger partial charge in [-0.2, -0.15) is 0 Å². The van der Waals surface area contributed by atoms with Crippen molar-refractivity contribution >= 4 is 28.2 Å². The smallest absolute Gasteiger partial charge is 0.338 e. The maximum absolute atomic E-state index is 11.4. The minimum Gasteiger partial charge on any atom is -0.478 e. The first kappa shape index (κ1) is 12.0. The molecular weight excluding hydrogens is 258 g/mol. The van der Waals surface area contributed by atoms with Gasteiger partial charge < -0.3 is 9.67 Å². The molecule has 1 N–H and O–H groups in total. The first-order valence-electron chi connectivity index (χ1n) is 6.02. The number of carboxylic acid groups (broad SMARTS) is 1. The van der Waals surface area contributed by atoms with Crippen molar-refractivity contribution in [3.05, 3.63) is 57.9 Å². The Kier molecular flexibility index (Phi) is 2.87. The van der Waals surface area contributed by atoms with Crippen molar-refractivity contribution in [1.82, 2.24) is 4.57 Å². The predicted octanol–water partition coefficient (Wildman–Crippen LogP) is 3.76. The number of rotatable bonds is 3. The number of aromatic carboxylic acids is 1. The van der Waals surface area contributed by atoms with E-state index in [0.29, 0.717) is 5.56 Å². The maximum Gasteiger partial charge on any atom is 0.338 e. The highest BCUT2D eigenvalue weighted by atomic mass is 32.1. The van der Waals surface area contributed by atoms with Crippen LogP contribution in [0, 0.1) is 6.92 Å². The predicted molar refractivity (Wildman–Crippen MR) is 77.1 cm³/mol. The Balaban J connectivity index is 2.23. The molecule has 4 heteroatoms. The van der Waals surface area contributed by atoms with Gasteiger partial charge in [-0.25, -0.2) is 4.79 Å². The highest BCUT2D eigenvalue weighted by molar-refractivity contribution is 7.09. The summed E-state index contributed by atoms with van der Waals surface area (Å²) >= 11 is 1.68. The second-order valence-electron chi connectivity index (χ2n) is 4.45. The standard InChI is InChI=1S/C15H13NO2S/c1-10-14(15(17)18)12-6-2-3-7-13(12)16(10)9-11-5-4-8-19-11/h2-8H,9H2,1H3,(H,17,18). The van der Waals surface area contributed by atoms with Crippen molar-refractivity contribution in [2.45, 2.75) is 13.5 Å². The third kappa shape index (κ3) is 1.94. The summed E-state index contributed by atoms with van der Waals surface area (Å²) in [5.74, 6) is -0.862. The molecule has 0 aliphatic heterocycles. The molecule has 2 aromatic heterocycles. The normalized spacial score (nSPS) is 11.0. The van der Waals surface area contributed by atoms with Crippen molar-refractivity contribution in [2.24, 2.45) is 0 Å². The zero-order valence-corrected chi connectivity index (χ0v) is 11.3. The van der Waals surface area contributed by atoms with Crippen molar-refractivity contribution < 1.29 is 9.90 Å². The van der Waals surface area contributed by atoms with Crippen LogP contribution in [0.3, 0.4) is 0 Å². The third-order valence-corrected chi connectivity index (χ3v) is 4.20. The molecule has 0 unspecified atom stereocenters. The van der Waals surface area contributed by atoms with Gasteiger partial charge >= 0.3 is 5.97 Å². The van der Waals surface area contributed by atoms with E-state index >= 15 is 0 Å². The van der Waals surface area contributed by atoms with E-state index in [0.717, 1.165) is 23.1 Å². The van der Waals surface area contributed by atoms with E-state index in [1.807, 2.05) is 42.6 Å². The molecule has 3 aromatic rings. The number of para-hydroxylation sites is 1. The summed E-state index contributed by atoms with van der Waals surface area (Å²) in [7, 11) is 0. The van der Waals surface area contributed by atoms with E-state index in [9.17, 15) is 9.90 Å². The molecule has 19 heavy (non-hydrogen) atoms. The van der Waals surface area contributed by atoms with Crippen molar-refractivity contribution in [3.8, 4) is 0 Å². The van der Waals surface area contributed by atoms with E-state index in [-0.39, 0.29) is 0 Å². The van der Waals surface area contributed by atoms with Crippen LogP contribution in [-0.2, 0) is 6.54 Å². The van der Waals surface area contributed by atoms with Gasteiger partial charge in [0.15, 0.2) is 0 Å². The van der Waals surface area contributed by atoms with Gasteiger partial charge in [-0.1, -0.05) is 24.3 Å². The lowest BCUT2D eigenvalue weighted by molar-refractivity contribution is 0.0698. The molecule has 1 aromatic carbocycles. The largest absolute Gasteiger partial charge is 0.478 e. The van der Waals surface area contributed by atoms with Crippen LogP contribution in [0.15, 0.2) is 41.8 Å². The first-order chi connectivity index (χ1) is 9.18. The molecule has 0 fully saturated rings. The van der Waals surface area contributed by atoms with Crippen LogP contribution in [0.1, 0.15) is 20.9 Å². The summed E-state index contributed by atoms with van der Waals surface area (Å²) in [5, 5.41) is 12.2. The lowest BCUT2D eigenvalue weighted by atomic mass is 10.1. The topological polar surface area (TPSA) is 42.2 Å². The average Bonchev–Trinajstić information content (AvgIpc) is 2.97. The zero-order chi connectivity index (χ0) is 13.4. The van der Waals surface area contributed by atoms with Crippen molar-refractivity contribution in [3.63, 3.8) is 0 Å². The number of fused-ring (bicyclic) bond motifs is 1. The van der Waals surface area contributed by atoms with E-state index in [1.165, 1.54) is 4.88 Å². The number of thiophene rings is 1. The number of aromatic nitrogens is 1. The van der Waals surface area contributed by atoms with E-state index < -0.39 is 5.97 Å². The fourth-order valence-corrected chi connectivity index (χ4v) is 3.16. The van der Waals surface area contributed by atoms with Gasteiger partial charge in [0.25, 0.3) is 0 Å². The number of benzene rings is 1. The Bertz CT molecular complexity index is 741. The molecule has 96 valence electrons. The molecule has 0 aliphatic carbocycles. The number of carbonyl (C=O) groups is 1. The Labute approximate surface area is 114 Å². The van der Waals surface area contributed by atoms with Crippen molar-refractivity contribution in [2.75, 3.05) is 0 Å². The van der Waals surface area contributed by atoms with E-state index in [1.54, 1.807) is 11.3 Å². The van der Waals surface area contributed by atoms with E-state index in [2.05, 4.69) is 10.6 Å². The van der Waals surface area contributed by atoms with Crippen molar-refractivity contribution in [1.29, 1.82) is 0 Å². The van der Waals surface area contributed by atoms with Crippen LogP contribution in [-0.4, -0.2) is 15.6 Å². The Hall–Kier alpha value is -2.07. The SMILES string of the molecule is Cc1c(C(=O)O)c2ccccc2n1Cc1cccs1. The third-order valence-electron chi connectivity index (χ3n) is 3.34. The van der Waals surface area contributed by atoms with Crippen LogP contribution in [0.2, 0.25) is 0 Å². The number of nitrogens with zero attached hydrogens (tertiary/aromatic N) is 1. The molecule has 0 saturated carbocycles. The fourth-order valence-electron chi connectivity index (χ4n) is 2.46. The Morgan fingerprint density at radius 2 is 2.05 bits per heavy atom. The minimum atomic E-state index is -0.862. The number of hydrogen-bond donors (Lipinski definition) is 1. The Morgan fingerprint density at radius 1 is 1.26 bits per heavy atom. The summed E-state index contributed by atoms with van der Waals surface area (Å²) in [6, 6.07) is 11.7. The molecule has 0 radical (unpaired) electrons. The lowest BCUT2D eigenvalue weighted by Crippen LogP contribution is -2.03. The van der Waals surface area contributed by atoms with Gasteiger partial charge in [-0.15, -0.1) is 11.3 Å². The summed E-state index contributed by atoms with van der Waals surface area (Å²) in [6.07, 6.45) is 0. The second-order valence-corrected chi connectivity index (χ2v) is 5.48. The number of carboxylic acids is 1. The summed E-state index contributed by atoms with van der Waals surface area (Å²) in [5.41, 5.74) is 2.19. The molecule has 0 aliphatic rings. The van der Waals surface area contributed by atoms with E-state index in [4.69, 9.17) is 0 Å². The molecule has 0 spiro atoms. The fraction of sp³-hybridized carbons (Fsp3) is 0.133. The highest BCUT2D eigenvalue weighted by Gasteiger charge is 2.18. The molecule has 0 saturated heterocycles. The monoisotopic (exact) mass is 271 g/mol. The average molecular weight is 271 g/mol. The minimum absolute atomic E-state index is 0.409. The highest BCUT2D eigenvalue weighted by Crippen LogP contribution is 2.27. The maximum atomic E-state index is 11.4. The van der Waals surface area contributed by atoms with Crippen LogP contribution in [0.25, 0.3) is 10.9 Å². The van der Waals surface area contributed by atoms with Gasteiger partial charge in [0.05, 0.1) is 12.1 Å². The summed E-state index contributed by atoms with van der Waals surface area (Å²) in [4.78, 5) is 12.7. The van der Waals surface area contributed by atoms with Crippen LogP contribution in [0.5, 0.6) is 0 Å². The van der Waals surface area contributed by atoms with Gasteiger partial charge in [0.1, 0.15) is 0 Å².